The van der Waals surface area contributed by atoms with Gasteiger partial charge in [0.15, 0.2) is 10.9 Å². The number of nitrogens with zero attached hydrogens (tertiary/aromatic N) is 2. The number of para-hydroxylation sites is 1. The molecule has 0 aliphatic carbocycles. The number of nitrogens with two attached hydrogens (primary N) is 1. The van der Waals surface area contributed by atoms with Crippen LogP contribution in [0.1, 0.15) is 10.4 Å². The van der Waals surface area contributed by atoms with Crippen molar-refractivity contribution in [1.82, 2.24) is 14.5 Å². The highest BCUT2D eigenvalue weighted by atomic mass is 32.2. The Morgan fingerprint density at radius 1 is 1.14 bits per heavy atom. The number of H-pyrrole nitrogens is 1. The Bertz CT molecular complexity index is 1230. The Morgan fingerprint density at radius 3 is 2.61 bits per heavy atom. The minimum Gasteiger partial charge on any atom is -0.383 e. The van der Waals surface area contributed by atoms with Gasteiger partial charge in [-0.15, -0.1) is 0 Å². The van der Waals surface area contributed by atoms with Gasteiger partial charge in [-0.1, -0.05) is 60.3 Å². The number of nitrogens with one attached hydrogen (secondary N) is 1. The predicted molar refractivity (Wildman–Crippen MR) is 113 cm³/mol. The van der Waals surface area contributed by atoms with Gasteiger partial charge in [-0.3, -0.25) is 9.59 Å². The Morgan fingerprint density at radius 2 is 1.86 bits per heavy atom. The van der Waals surface area contributed by atoms with Crippen LogP contribution in [0.3, 0.4) is 0 Å². The van der Waals surface area contributed by atoms with Gasteiger partial charge < -0.3 is 15.3 Å². The predicted octanol–water partition coefficient (Wildman–Crippen LogP) is 3.49. The third kappa shape index (κ3) is 3.32. The maximum Gasteiger partial charge on any atom is 0.253 e. The molecule has 2 aromatic heterocycles. The number of aromatic nitrogens is 3. The summed E-state index contributed by atoms with van der Waals surface area (Å²) in [4.78, 5) is 31.5. The molecule has 0 atom stereocenters. The first-order chi connectivity index (χ1) is 13.5. The van der Waals surface area contributed by atoms with Crippen molar-refractivity contribution in [2.45, 2.75) is 5.16 Å². The van der Waals surface area contributed by atoms with Crippen LogP contribution in [0.2, 0.25) is 0 Å². The molecule has 2 aromatic carbocycles. The van der Waals surface area contributed by atoms with Crippen LogP contribution in [-0.4, -0.2) is 26.1 Å². The summed E-state index contributed by atoms with van der Waals surface area (Å²) in [7, 11) is 1.96. The summed E-state index contributed by atoms with van der Waals surface area (Å²) in [5.41, 5.74) is 8.80. The van der Waals surface area contributed by atoms with Gasteiger partial charge in [0.05, 0.1) is 17.0 Å². The molecule has 6 nitrogen and oxygen atoms in total. The largest absolute Gasteiger partial charge is 0.383 e. The molecule has 0 bridgehead atoms. The van der Waals surface area contributed by atoms with Gasteiger partial charge in [-0.05, 0) is 11.6 Å². The molecule has 2 heterocycles. The lowest BCUT2D eigenvalue weighted by atomic mass is 10.0. The number of hydrogen-bond donors (Lipinski definition) is 2. The molecule has 7 heteroatoms. The molecule has 4 rings (SSSR count). The lowest BCUT2D eigenvalue weighted by Crippen LogP contribution is -2.11. The molecule has 0 radical (unpaired) electrons. The van der Waals surface area contributed by atoms with E-state index >= 15 is 0 Å². The first-order valence-corrected chi connectivity index (χ1v) is 9.69. The Kier molecular flexibility index (Phi) is 4.75. The minimum absolute atomic E-state index is 0.0364. The highest BCUT2D eigenvalue weighted by molar-refractivity contribution is 7.99. The molecule has 4 aromatic rings. The topological polar surface area (TPSA) is 93.8 Å². The summed E-state index contributed by atoms with van der Waals surface area (Å²) < 4.78 is 2.04. The van der Waals surface area contributed by atoms with Gasteiger partial charge in [0.25, 0.3) is 5.56 Å². The van der Waals surface area contributed by atoms with Crippen LogP contribution in [0.5, 0.6) is 0 Å². The highest BCUT2D eigenvalue weighted by Crippen LogP contribution is 2.34. The third-order valence-corrected chi connectivity index (χ3v) is 5.39. The molecule has 3 N–H and O–H groups in total. The summed E-state index contributed by atoms with van der Waals surface area (Å²) in [6, 6.07) is 18.9. The van der Waals surface area contributed by atoms with Gasteiger partial charge in [-0.25, -0.2) is 4.98 Å². The number of rotatable bonds is 5. The fourth-order valence-corrected chi connectivity index (χ4v) is 4.09. The van der Waals surface area contributed by atoms with Crippen LogP contribution in [0, 0.1) is 0 Å². The maximum atomic E-state index is 13.2. The van der Waals surface area contributed by atoms with Crippen molar-refractivity contribution in [3.8, 4) is 11.3 Å². The molecule has 0 amide bonds. The lowest BCUT2D eigenvalue weighted by Gasteiger charge is -2.08. The highest BCUT2D eigenvalue weighted by Gasteiger charge is 2.22. The fourth-order valence-electron chi connectivity index (χ4n) is 3.34. The van der Waals surface area contributed by atoms with E-state index in [0.29, 0.717) is 10.7 Å². The summed E-state index contributed by atoms with van der Waals surface area (Å²) in [5.74, 6) is 0.236. The van der Waals surface area contributed by atoms with E-state index < -0.39 is 0 Å². The molecule has 0 unspecified atom stereocenters. The summed E-state index contributed by atoms with van der Waals surface area (Å²) >= 11 is 1.17. The van der Waals surface area contributed by atoms with E-state index in [9.17, 15) is 9.59 Å². The molecule has 28 heavy (non-hydrogen) atoms. The Labute approximate surface area is 165 Å². The van der Waals surface area contributed by atoms with E-state index in [1.54, 1.807) is 0 Å². The van der Waals surface area contributed by atoms with Gasteiger partial charge in [0.2, 0.25) is 0 Å². The van der Waals surface area contributed by atoms with Crippen molar-refractivity contribution in [3.63, 3.8) is 0 Å². The van der Waals surface area contributed by atoms with Crippen LogP contribution >= 0.6 is 11.8 Å². The Balaban J connectivity index is 1.77. The molecule has 0 aliphatic rings. The molecule has 0 fully saturated rings. The molecule has 0 saturated carbocycles. The van der Waals surface area contributed by atoms with E-state index in [1.807, 2.05) is 66.2 Å². The second-order valence-electron chi connectivity index (χ2n) is 6.35. The molecule has 140 valence electrons. The van der Waals surface area contributed by atoms with Crippen molar-refractivity contribution in [2.75, 3.05) is 11.5 Å². The number of benzene rings is 2. The van der Waals surface area contributed by atoms with Crippen LogP contribution < -0.4 is 11.3 Å². The SMILES string of the molecule is Cn1c(-c2ccccc2)c(C(=O)CSc2nc(N)cc(=O)[nH]2)c2ccccc21. The Hall–Kier alpha value is -3.32. The second-order valence-corrected chi connectivity index (χ2v) is 7.32. The van der Waals surface area contributed by atoms with Crippen LogP contribution in [0.4, 0.5) is 5.82 Å². The number of carbonyl (C=O) groups is 1. The van der Waals surface area contributed by atoms with Crippen molar-refractivity contribution < 1.29 is 4.79 Å². The van der Waals surface area contributed by atoms with Gasteiger partial charge >= 0.3 is 0 Å². The van der Waals surface area contributed by atoms with Crippen molar-refractivity contribution >= 4 is 34.3 Å². The number of aryl methyl sites for hydroxylation is 1. The van der Waals surface area contributed by atoms with Crippen LogP contribution in [0.15, 0.2) is 70.6 Å². The first kappa shape index (κ1) is 18.1. The van der Waals surface area contributed by atoms with Gasteiger partial charge in [0.1, 0.15) is 5.82 Å². The number of anilines is 1. The number of hydrogen-bond acceptors (Lipinski definition) is 5. The summed E-state index contributed by atoms with van der Waals surface area (Å²) in [6.07, 6.45) is 0. The van der Waals surface area contributed by atoms with E-state index in [2.05, 4.69) is 9.97 Å². The quantitative estimate of drug-likeness (QED) is 0.309. The summed E-state index contributed by atoms with van der Waals surface area (Å²) in [5, 5.41) is 1.24. The number of ketones is 1. The van der Waals surface area contributed by atoms with E-state index in [0.717, 1.165) is 22.2 Å². The first-order valence-electron chi connectivity index (χ1n) is 8.70. The zero-order chi connectivity index (χ0) is 19.7. The third-order valence-electron chi connectivity index (χ3n) is 4.51. The van der Waals surface area contributed by atoms with E-state index in [4.69, 9.17) is 5.73 Å². The second kappa shape index (κ2) is 7.36. The molecular formula is C21H18N4O2S. The van der Waals surface area contributed by atoms with E-state index in [1.165, 1.54) is 17.8 Å². The standard InChI is InChI=1S/C21H18N4O2S/c1-25-15-10-6-5-9-14(15)19(20(25)13-7-3-2-4-8-13)16(26)12-28-21-23-17(22)11-18(27)24-21/h2-11H,12H2,1H3,(H3,22,23,24,27). The normalized spacial score (nSPS) is 11.0. The monoisotopic (exact) mass is 390 g/mol. The summed E-state index contributed by atoms with van der Waals surface area (Å²) in [6.45, 7) is 0. The number of Topliss-reactive ketones (excluding diaryl/α,β-unsaturated/α-hetero) is 1. The molecular weight excluding hydrogens is 372 g/mol. The zero-order valence-electron chi connectivity index (χ0n) is 15.2. The molecule has 0 aliphatic heterocycles. The van der Waals surface area contributed by atoms with Gasteiger partial charge in [-0.2, -0.15) is 0 Å². The molecule has 0 saturated heterocycles. The van der Waals surface area contributed by atoms with Crippen molar-refractivity contribution in [2.24, 2.45) is 7.05 Å². The number of fused-ring (bicyclic) bond motifs is 1. The van der Waals surface area contributed by atoms with Crippen molar-refractivity contribution in [3.05, 3.63) is 76.6 Å². The lowest BCUT2D eigenvalue weighted by molar-refractivity contribution is 0.102. The van der Waals surface area contributed by atoms with E-state index in [-0.39, 0.29) is 22.9 Å². The number of nitrogen functional groups attached to an aromatic ring is 1. The fraction of sp³-hybridized carbons (Fsp3) is 0.0952. The average Bonchev–Trinajstić information content (AvgIpc) is 2.99. The maximum absolute atomic E-state index is 13.2. The zero-order valence-corrected chi connectivity index (χ0v) is 16.0. The van der Waals surface area contributed by atoms with Gasteiger partial charge in [0, 0.05) is 24.0 Å². The number of thioether (sulfide) groups is 1. The molecule has 0 spiro atoms. The van der Waals surface area contributed by atoms with Crippen LogP contribution in [0.25, 0.3) is 22.2 Å². The van der Waals surface area contributed by atoms with Crippen molar-refractivity contribution in [1.29, 1.82) is 0 Å². The minimum atomic E-state index is -0.336. The van der Waals surface area contributed by atoms with Crippen LogP contribution in [-0.2, 0) is 7.05 Å². The smallest absolute Gasteiger partial charge is 0.253 e. The number of aromatic amines is 1. The number of carbonyl (C=O) groups excluding carboxylic acids is 1. The average molecular weight is 390 g/mol.